The summed E-state index contributed by atoms with van der Waals surface area (Å²) in [5, 5.41) is 0. The van der Waals surface area contributed by atoms with E-state index in [9.17, 15) is 24.0 Å². The normalized spacial score (nSPS) is 22.3. The maximum Gasteiger partial charge on any atom is 0.378 e. The zero-order valence-electron chi connectivity index (χ0n) is 15.7. The van der Waals surface area contributed by atoms with Gasteiger partial charge in [0.2, 0.25) is 17.9 Å². The molecule has 12 heteroatoms. The van der Waals surface area contributed by atoms with Crippen molar-refractivity contribution in [1.82, 2.24) is 0 Å². The maximum absolute atomic E-state index is 12.2. The summed E-state index contributed by atoms with van der Waals surface area (Å²) in [7, 11) is 0. The highest BCUT2D eigenvalue weighted by Crippen LogP contribution is 2.34. The first-order chi connectivity index (χ1) is 13.8. The number of ether oxygens (including phenoxy) is 5. The van der Waals surface area contributed by atoms with Crippen molar-refractivity contribution in [3.63, 3.8) is 0 Å². The smallest absolute Gasteiger partial charge is 0.378 e. The molecule has 0 spiro atoms. The summed E-state index contributed by atoms with van der Waals surface area (Å²) in [5.41, 5.74) is 0. The minimum absolute atomic E-state index is 0.0245. The van der Waals surface area contributed by atoms with E-state index >= 15 is 0 Å². The number of carbonyl (C=O) groups excluding carboxylic acids is 5. The van der Waals surface area contributed by atoms with E-state index in [2.05, 4.69) is 9.98 Å². The number of esters is 3. The van der Waals surface area contributed by atoms with Crippen LogP contribution in [0.4, 0.5) is 0 Å². The van der Waals surface area contributed by atoms with Crippen molar-refractivity contribution in [1.29, 1.82) is 0 Å². The first kappa shape index (κ1) is 22.1. The molecule has 2 rings (SSSR count). The van der Waals surface area contributed by atoms with Crippen LogP contribution < -0.4 is 0 Å². The third-order valence-corrected chi connectivity index (χ3v) is 3.69. The highest BCUT2D eigenvalue weighted by Gasteiger charge is 2.49. The Hall–Kier alpha value is -3.17. The molecule has 0 bridgehead atoms. The first-order valence-electron chi connectivity index (χ1n) is 8.53. The Labute approximate surface area is 164 Å². The summed E-state index contributed by atoms with van der Waals surface area (Å²) in [6.45, 7) is 2.94. The molecule has 1 fully saturated rings. The van der Waals surface area contributed by atoms with Gasteiger partial charge in [0.15, 0.2) is 11.9 Å². The molecule has 2 aliphatic rings. The molecule has 0 saturated carbocycles. The van der Waals surface area contributed by atoms with Crippen LogP contribution in [0.5, 0.6) is 0 Å². The average Bonchev–Trinajstić information content (AvgIpc) is 3.16. The van der Waals surface area contributed by atoms with Gasteiger partial charge in [-0.25, -0.2) is 24.4 Å². The molecule has 2 atom stereocenters. The molecule has 0 aliphatic carbocycles. The minimum Gasteiger partial charge on any atom is -0.445 e. The lowest BCUT2D eigenvalue weighted by Gasteiger charge is -2.21. The highest BCUT2D eigenvalue weighted by molar-refractivity contribution is 5.93. The Morgan fingerprint density at radius 3 is 2.21 bits per heavy atom. The Morgan fingerprint density at radius 2 is 1.69 bits per heavy atom. The van der Waals surface area contributed by atoms with E-state index < -0.39 is 41.7 Å². The Kier molecular flexibility index (Phi) is 7.52. The molecule has 0 N–H and O–H groups in total. The minimum atomic E-state index is -1.20. The first-order valence-corrected chi connectivity index (χ1v) is 8.53. The maximum atomic E-state index is 12.2. The van der Waals surface area contributed by atoms with Gasteiger partial charge in [-0.1, -0.05) is 0 Å². The second kappa shape index (κ2) is 9.85. The van der Waals surface area contributed by atoms with Gasteiger partial charge in [-0.05, 0) is 13.8 Å². The largest absolute Gasteiger partial charge is 0.445 e. The van der Waals surface area contributed by atoms with Crippen LogP contribution in [-0.4, -0.2) is 67.8 Å². The van der Waals surface area contributed by atoms with Crippen LogP contribution in [0.15, 0.2) is 21.5 Å². The summed E-state index contributed by atoms with van der Waals surface area (Å²) in [6, 6.07) is 0. The summed E-state index contributed by atoms with van der Waals surface area (Å²) in [4.78, 5) is 62.7. The molecule has 1 saturated heterocycles. The van der Waals surface area contributed by atoms with Crippen molar-refractivity contribution in [2.24, 2.45) is 9.98 Å². The molecule has 0 amide bonds. The second-order valence-corrected chi connectivity index (χ2v) is 6.28. The molecule has 2 heterocycles. The number of hydrogen-bond donors (Lipinski definition) is 0. The van der Waals surface area contributed by atoms with Gasteiger partial charge in [0.05, 0.1) is 32.5 Å². The number of nitrogens with zero attached hydrogens (tertiary/aromatic N) is 2. The average molecular weight is 410 g/mol. The van der Waals surface area contributed by atoms with Gasteiger partial charge in [-0.2, -0.15) is 0 Å². The van der Waals surface area contributed by atoms with Gasteiger partial charge in [0.25, 0.3) is 5.76 Å². The summed E-state index contributed by atoms with van der Waals surface area (Å²) >= 11 is 0. The fourth-order valence-corrected chi connectivity index (χ4v) is 2.48. The van der Waals surface area contributed by atoms with Crippen LogP contribution >= 0.6 is 0 Å². The Morgan fingerprint density at radius 1 is 1.10 bits per heavy atom. The van der Waals surface area contributed by atoms with Gasteiger partial charge in [0, 0.05) is 0 Å². The van der Waals surface area contributed by atoms with Crippen LogP contribution in [0.25, 0.3) is 0 Å². The fraction of sp³-hybridized carbons (Fsp3) is 0.588. The van der Waals surface area contributed by atoms with Gasteiger partial charge < -0.3 is 23.7 Å². The molecule has 12 nitrogen and oxygen atoms in total. The zero-order valence-corrected chi connectivity index (χ0v) is 15.7. The van der Waals surface area contributed by atoms with E-state index in [1.165, 1.54) is 12.2 Å². The molecule has 0 aromatic rings. The van der Waals surface area contributed by atoms with E-state index in [4.69, 9.17) is 23.7 Å². The highest BCUT2D eigenvalue weighted by atomic mass is 16.8. The number of isocyanates is 2. The van der Waals surface area contributed by atoms with Crippen molar-refractivity contribution < 1.29 is 47.7 Å². The lowest BCUT2D eigenvalue weighted by Crippen LogP contribution is -2.34. The molecule has 2 unspecified atom stereocenters. The Balaban J connectivity index is 2.21. The number of cyclic esters (lactones) is 1. The quantitative estimate of drug-likeness (QED) is 0.216. The van der Waals surface area contributed by atoms with Gasteiger partial charge in [0.1, 0.15) is 6.10 Å². The standard InChI is InChI=1S/C17H18N2O10/c1-17(2)25-7-10(29-17)13-14(26-11(22)3-5-18-8-20)15(16(24)28-13)27-12(23)4-6-19-9-21/h10,13H,3-7H2,1-2H3. The third kappa shape index (κ3) is 6.16. The monoisotopic (exact) mass is 410 g/mol. The lowest BCUT2D eigenvalue weighted by molar-refractivity contribution is -0.165. The van der Waals surface area contributed by atoms with Crippen molar-refractivity contribution >= 4 is 30.1 Å². The van der Waals surface area contributed by atoms with E-state index in [-0.39, 0.29) is 38.3 Å². The van der Waals surface area contributed by atoms with Crippen LogP contribution in [0.2, 0.25) is 0 Å². The van der Waals surface area contributed by atoms with Crippen LogP contribution in [0.1, 0.15) is 26.7 Å². The Bertz CT molecular complexity index is 805. The molecular formula is C17H18N2O10. The number of rotatable bonds is 9. The molecule has 0 aromatic heterocycles. The van der Waals surface area contributed by atoms with Crippen LogP contribution in [-0.2, 0) is 47.7 Å². The number of carbonyl (C=O) groups is 3. The van der Waals surface area contributed by atoms with Gasteiger partial charge >= 0.3 is 17.9 Å². The number of hydrogen-bond acceptors (Lipinski definition) is 12. The predicted octanol–water partition coefficient (Wildman–Crippen LogP) is -0.187. The van der Waals surface area contributed by atoms with E-state index in [1.54, 1.807) is 13.8 Å². The molecule has 156 valence electrons. The fourth-order valence-electron chi connectivity index (χ4n) is 2.48. The van der Waals surface area contributed by atoms with Crippen molar-refractivity contribution in [3.05, 3.63) is 11.5 Å². The lowest BCUT2D eigenvalue weighted by atomic mass is 10.2. The molecule has 0 radical (unpaired) electrons. The molecular weight excluding hydrogens is 392 g/mol. The summed E-state index contributed by atoms with van der Waals surface area (Å²) in [6.07, 6.45) is -0.0774. The van der Waals surface area contributed by atoms with E-state index in [0.29, 0.717) is 0 Å². The van der Waals surface area contributed by atoms with Crippen molar-refractivity contribution in [3.8, 4) is 0 Å². The van der Waals surface area contributed by atoms with Crippen LogP contribution in [0.3, 0.4) is 0 Å². The summed E-state index contributed by atoms with van der Waals surface area (Å²) < 4.78 is 26.4. The second-order valence-electron chi connectivity index (χ2n) is 6.28. The van der Waals surface area contributed by atoms with Crippen LogP contribution in [0, 0.1) is 0 Å². The zero-order chi connectivity index (χ0) is 21.4. The molecule has 0 aromatic carbocycles. The van der Waals surface area contributed by atoms with E-state index in [0.717, 1.165) is 0 Å². The predicted molar refractivity (Wildman–Crippen MR) is 89.2 cm³/mol. The van der Waals surface area contributed by atoms with Crippen molar-refractivity contribution in [2.45, 2.75) is 44.7 Å². The molecule has 29 heavy (non-hydrogen) atoms. The number of aliphatic imine (C=N–C) groups is 2. The van der Waals surface area contributed by atoms with Gasteiger partial charge in [-0.15, -0.1) is 0 Å². The summed E-state index contributed by atoms with van der Waals surface area (Å²) in [5.74, 6) is -4.72. The SMILES string of the molecule is CC1(C)OCC(C2OC(=O)C(OC(=O)CCN=C=O)=C2OC(=O)CCN=C=O)O1. The topological polar surface area (TPSA) is 156 Å². The van der Waals surface area contributed by atoms with Gasteiger partial charge in [-0.3, -0.25) is 9.59 Å². The van der Waals surface area contributed by atoms with E-state index in [1.807, 2.05) is 0 Å². The van der Waals surface area contributed by atoms with Crippen molar-refractivity contribution in [2.75, 3.05) is 19.7 Å². The third-order valence-electron chi connectivity index (χ3n) is 3.69. The molecule has 2 aliphatic heterocycles.